The number of carboxylic acid groups (broad SMARTS) is 1. The van der Waals surface area contributed by atoms with E-state index in [0.29, 0.717) is 5.56 Å². The maximum absolute atomic E-state index is 10.2. The lowest BCUT2D eigenvalue weighted by atomic mass is 10.1. The average Bonchev–Trinajstić information content (AvgIpc) is 3.42. The smallest absolute Gasteiger partial charge is 0.335 e. The van der Waals surface area contributed by atoms with Crippen LogP contribution in [-0.2, 0) is 23.9 Å². The molecule has 1 aliphatic rings. The number of rotatable bonds is 5. The van der Waals surface area contributed by atoms with Gasteiger partial charge in [0.05, 0.1) is 58.7 Å². The molecule has 8 aromatic rings. The van der Waals surface area contributed by atoms with Crippen molar-refractivity contribution in [2.45, 2.75) is 20.8 Å². The molecule has 1 aliphatic carbocycles. The number of para-hydroxylation sites is 2. The highest BCUT2D eigenvalue weighted by atomic mass is 16.6. The summed E-state index contributed by atoms with van der Waals surface area (Å²) in [6.45, 7) is 7.48. The molecular weight excluding hydrogens is 907 g/mol. The molecule has 0 fully saturated rings. The normalized spacial score (nSPS) is 10.1. The number of methoxy groups -OCH3 is 1. The number of nitrogens with zero attached hydrogens (tertiary/aromatic N) is 3. The maximum Gasteiger partial charge on any atom is 0.335 e. The van der Waals surface area contributed by atoms with Crippen molar-refractivity contribution < 1.29 is 44.0 Å². The molecule has 0 radical (unpaired) electrons. The first kappa shape index (κ1) is 59.0. The number of aromatic carboxylic acids is 1. The molecule has 0 bridgehead atoms. The third kappa shape index (κ3) is 24.3. The van der Waals surface area contributed by atoms with Crippen LogP contribution in [0.1, 0.15) is 59.3 Å². The molecule has 12 heteroatoms. The van der Waals surface area contributed by atoms with Gasteiger partial charge in [0.15, 0.2) is 5.69 Å². The molecule has 5 aromatic carbocycles. The van der Waals surface area contributed by atoms with Crippen molar-refractivity contribution in [2.75, 3.05) is 21.3 Å². The molecule has 0 spiro atoms. The number of allylic oxidation sites excluding steroid dienone is 1. The zero-order valence-corrected chi connectivity index (χ0v) is 41.2. The van der Waals surface area contributed by atoms with Gasteiger partial charge >= 0.3 is 23.9 Å². The zero-order chi connectivity index (χ0) is 52.9. The van der Waals surface area contributed by atoms with Crippen LogP contribution >= 0.6 is 0 Å². The zero-order valence-electron chi connectivity index (χ0n) is 41.2. The second-order valence-electron chi connectivity index (χ2n) is 14.3. The summed E-state index contributed by atoms with van der Waals surface area (Å²) in [5.74, 6) is -2.25. The Labute approximate surface area is 421 Å². The van der Waals surface area contributed by atoms with Gasteiger partial charge in [0.1, 0.15) is 5.22 Å². The van der Waals surface area contributed by atoms with E-state index in [4.69, 9.17) is 15.3 Å². The second kappa shape index (κ2) is 35.1. The van der Waals surface area contributed by atoms with E-state index in [2.05, 4.69) is 91.7 Å². The Morgan fingerprint density at radius 2 is 0.931 bits per heavy atom. The van der Waals surface area contributed by atoms with Crippen LogP contribution in [0.5, 0.6) is 0 Å². The van der Waals surface area contributed by atoms with Gasteiger partial charge in [-0.1, -0.05) is 146 Å². The fraction of sp³-hybridized carbons (Fsp3) is 0.100. The van der Waals surface area contributed by atoms with Crippen molar-refractivity contribution in [3.8, 4) is 0 Å². The summed E-state index contributed by atoms with van der Waals surface area (Å²) in [7, 11) is 3.35. The molecule has 0 amide bonds. The van der Waals surface area contributed by atoms with E-state index in [1.54, 1.807) is 30.3 Å². The van der Waals surface area contributed by atoms with Crippen LogP contribution in [0.3, 0.4) is 0 Å². The summed E-state index contributed by atoms with van der Waals surface area (Å²) in [5, 5.41) is 26.7. The quantitative estimate of drug-likeness (QED) is 0.0843. The van der Waals surface area contributed by atoms with Gasteiger partial charge in [-0.3, -0.25) is 14.4 Å². The van der Waals surface area contributed by atoms with Crippen molar-refractivity contribution in [3.05, 3.63) is 233 Å². The summed E-state index contributed by atoms with van der Waals surface area (Å²) in [6, 6.07) is 57.4. The fourth-order valence-corrected chi connectivity index (χ4v) is 5.73. The molecule has 72 heavy (non-hydrogen) atoms. The van der Waals surface area contributed by atoms with E-state index >= 15 is 0 Å². The van der Waals surface area contributed by atoms with Crippen molar-refractivity contribution in [1.82, 2.24) is 15.0 Å². The first-order chi connectivity index (χ1) is 34.9. The molecule has 3 heterocycles. The molecule has 0 unspecified atom stereocenters. The molecular formula is C60H60N3O9+. The van der Waals surface area contributed by atoms with E-state index in [9.17, 15) is 19.2 Å². The maximum atomic E-state index is 10.2. The van der Waals surface area contributed by atoms with E-state index in [0.717, 1.165) is 47.7 Å². The Bertz CT molecular complexity index is 2950. The molecule has 368 valence electrons. The lowest BCUT2D eigenvalue weighted by Gasteiger charge is -1.98. The summed E-state index contributed by atoms with van der Waals surface area (Å²) < 4.78 is 8.08. The largest absolute Gasteiger partial charge is 0.478 e. The van der Waals surface area contributed by atoms with Crippen LogP contribution in [0.4, 0.5) is 0 Å². The van der Waals surface area contributed by atoms with E-state index in [-0.39, 0.29) is 5.97 Å². The number of carboxylic acids is 1. The minimum atomic E-state index is -0.879. The van der Waals surface area contributed by atoms with Gasteiger partial charge < -0.3 is 24.8 Å². The predicted molar refractivity (Wildman–Crippen MR) is 291 cm³/mol. The Hall–Kier alpha value is -9.10. The van der Waals surface area contributed by atoms with Gasteiger partial charge in [0, 0.05) is 58.3 Å². The molecule has 0 saturated carbocycles. The monoisotopic (exact) mass is 966 g/mol. The number of hydrogen-bond acceptors (Lipinski definition) is 11. The summed E-state index contributed by atoms with van der Waals surface area (Å²) in [5.41, 5.74) is 7.76. The van der Waals surface area contributed by atoms with Crippen molar-refractivity contribution in [3.63, 3.8) is 0 Å². The summed E-state index contributed by atoms with van der Waals surface area (Å²) >= 11 is 0. The van der Waals surface area contributed by atoms with Crippen molar-refractivity contribution in [2.24, 2.45) is 0 Å². The highest BCUT2D eigenvalue weighted by Crippen LogP contribution is 2.15. The van der Waals surface area contributed by atoms with Crippen molar-refractivity contribution in [1.29, 1.82) is 0 Å². The van der Waals surface area contributed by atoms with Crippen molar-refractivity contribution >= 4 is 88.7 Å². The predicted octanol–water partition coefficient (Wildman–Crippen LogP) is 10.2. The number of pyridine rings is 3. The number of aliphatic hydroxyl groups is 2. The number of benzene rings is 5. The molecule has 3 N–H and O–H groups in total. The third-order valence-corrected chi connectivity index (χ3v) is 8.98. The number of aliphatic hydroxyl groups excluding tert-OH is 2. The minimum Gasteiger partial charge on any atom is -0.478 e. The van der Waals surface area contributed by atoms with Gasteiger partial charge in [0.2, 0.25) is 0 Å². The third-order valence-electron chi connectivity index (χ3n) is 8.98. The fourth-order valence-electron chi connectivity index (χ4n) is 5.73. The standard InChI is InChI=1S/2C17H13N.C10H8N.C7H6O2.C4H6O3.C3H6O2.2CH4O/c2*1-2-6-14(7-3-1)10-12-16-13-11-15-8-4-5-9-17(15)18-16;1-8-6-7-9-4-2-3-5-10(9)11-8;8-7(9)6-4-2-1-3-5-6;1-3(5)7-4(2)6;1-3(4)5-2;2*1-2/h2*1-13H;2-7H,1H2;1-5H,(H,8,9);1-2H3;1-2H3;2*2H,1H3/q;;+1;;;;;/b2*12-10+;;;;;;. The molecule has 0 atom stereocenters. The highest BCUT2D eigenvalue weighted by molar-refractivity contribution is 5.87. The number of carbonyl (C=O) groups is 4. The first-order valence-corrected chi connectivity index (χ1v) is 22.2. The lowest BCUT2D eigenvalue weighted by Crippen LogP contribution is -2.17. The second-order valence-corrected chi connectivity index (χ2v) is 14.3. The number of ether oxygens (including phenoxy) is 2. The number of aromatic nitrogens is 3. The highest BCUT2D eigenvalue weighted by Gasteiger charge is 2.03. The van der Waals surface area contributed by atoms with Crippen LogP contribution in [0.15, 0.2) is 182 Å². The first-order valence-electron chi connectivity index (χ1n) is 22.2. The Balaban J connectivity index is 0.000000307. The summed E-state index contributed by atoms with van der Waals surface area (Å²) in [4.78, 5) is 52.9. The van der Waals surface area contributed by atoms with Gasteiger partial charge in [-0.15, -0.1) is 0 Å². The van der Waals surface area contributed by atoms with Crippen LogP contribution in [0, 0.1) is 6.42 Å². The van der Waals surface area contributed by atoms with E-state index in [1.165, 1.54) is 55.0 Å². The number of esters is 3. The van der Waals surface area contributed by atoms with Gasteiger partial charge in [-0.25, -0.2) is 19.7 Å². The Morgan fingerprint density at radius 1 is 0.514 bits per heavy atom. The molecule has 0 aliphatic heterocycles. The molecule has 12 nitrogen and oxygen atoms in total. The number of fused-ring (bicyclic) bond motifs is 3. The minimum absolute atomic E-state index is 0.245. The van der Waals surface area contributed by atoms with Gasteiger partial charge in [-0.05, 0) is 65.7 Å². The van der Waals surface area contributed by atoms with Crippen LogP contribution in [0.25, 0.3) is 64.8 Å². The molecule has 9 rings (SSSR count). The SMILES string of the molecule is C(=C\c1ccc2ccccc2n1)/c1ccccc1.C(=C\c1ccc2ccccc2n1)/c1ccccc1.C=c1ccc2c(n1)C=C[CH+]C=2.CC(=O)OC(C)=O.CO.CO.COC(C)=O.O=C(O)c1ccccc1. The number of hydrogen-bond donors (Lipinski definition) is 3. The van der Waals surface area contributed by atoms with Crippen LogP contribution in [0.2, 0.25) is 0 Å². The topological polar surface area (TPSA) is 186 Å². The summed E-state index contributed by atoms with van der Waals surface area (Å²) in [6.07, 6.45) is 16.3. The van der Waals surface area contributed by atoms with Gasteiger partial charge in [-0.2, -0.15) is 0 Å². The van der Waals surface area contributed by atoms with E-state index < -0.39 is 17.9 Å². The lowest BCUT2D eigenvalue weighted by molar-refractivity contribution is -0.156. The molecule has 0 saturated heterocycles. The van der Waals surface area contributed by atoms with E-state index in [1.807, 2.05) is 134 Å². The number of carbonyl (C=O) groups excluding carboxylic acids is 3. The molecule has 3 aromatic heterocycles. The van der Waals surface area contributed by atoms with Crippen LogP contribution in [-0.4, -0.2) is 75.5 Å². The Morgan fingerprint density at radius 3 is 1.32 bits per heavy atom. The van der Waals surface area contributed by atoms with Gasteiger partial charge in [0.25, 0.3) is 0 Å². The average molecular weight is 967 g/mol. The Kier molecular flexibility index (Phi) is 28.8. The van der Waals surface area contributed by atoms with Crippen LogP contribution < -0.4 is 10.6 Å².